The minimum absolute atomic E-state index is 0. The van der Waals surface area contributed by atoms with Crippen LogP contribution in [0.5, 0.6) is 0 Å². The van der Waals surface area contributed by atoms with Crippen LogP contribution in [0.3, 0.4) is 0 Å². The average molecular weight is 459 g/mol. The number of halogens is 1. The Labute approximate surface area is 160 Å². The first-order valence-corrected chi connectivity index (χ1v) is 9.07. The Kier molecular flexibility index (Phi) is 7.22. The highest BCUT2D eigenvalue weighted by atomic mass is 127. The summed E-state index contributed by atoms with van der Waals surface area (Å²) in [6.45, 7) is 4.43. The summed E-state index contributed by atoms with van der Waals surface area (Å²) in [5.74, 6) is 0.321. The van der Waals surface area contributed by atoms with E-state index in [1.165, 1.54) is 6.26 Å². The van der Waals surface area contributed by atoms with Crippen molar-refractivity contribution in [2.24, 2.45) is 10.7 Å². The van der Waals surface area contributed by atoms with E-state index >= 15 is 0 Å². The van der Waals surface area contributed by atoms with Crippen molar-refractivity contribution in [3.8, 4) is 0 Å². The van der Waals surface area contributed by atoms with Crippen molar-refractivity contribution >= 4 is 45.5 Å². The van der Waals surface area contributed by atoms with E-state index in [0.29, 0.717) is 17.4 Å². The topological polar surface area (TPSA) is 84.5 Å². The van der Waals surface area contributed by atoms with Crippen LogP contribution in [-0.2, 0) is 16.4 Å². The summed E-state index contributed by atoms with van der Waals surface area (Å²) >= 11 is 0. The van der Waals surface area contributed by atoms with Crippen LogP contribution in [0, 0.1) is 13.8 Å². The summed E-state index contributed by atoms with van der Waals surface area (Å²) < 4.78 is 22.8. The third-order valence-electron chi connectivity index (χ3n) is 3.28. The Morgan fingerprint density at radius 2 is 1.62 bits per heavy atom. The lowest BCUT2D eigenvalue weighted by molar-refractivity contribution is 0.602. The van der Waals surface area contributed by atoms with E-state index < -0.39 is 9.84 Å². The van der Waals surface area contributed by atoms with Crippen LogP contribution in [0.15, 0.2) is 52.4 Å². The molecule has 0 aliphatic heterocycles. The molecule has 0 spiro atoms. The highest BCUT2D eigenvalue weighted by molar-refractivity contribution is 14.0. The highest BCUT2D eigenvalue weighted by Crippen LogP contribution is 2.14. The molecule has 0 fully saturated rings. The van der Waals surface area contributed by atoms with Crippen molar-refractivity contribution in [2.45, 2.75) is 25.3 Å². The van der Waals surface area contributed by atoms with Crippen LogP contribution < -0.4 is 11.1 Å². The monoisotopic (exact) mass is 459 g/mol. The number of nitrogens with zero attached hydrogens (tertiary/aromatic N) is 1. The maximum atomic E-state index is 11.4. The molecule has 0 radical (unpaired) electrons. The van der Waals surface area contributed by atoms with Gasteiger partial charge in [0.1, 0.15) is 0 Å². The number of nitrogens with two attached hydrogens (primary N) is 1. The van der Waals surface area contributed by atoms with Crippen LogP contribution >= 0.6 is 24.0 Å². The molecule has 2 aromatic rings. The van der Waals surface area contributed by atoms with Crippen molar-refractivity contribution in [1.82, 2.24) is 0 Å². The molecule has 5 nitrogen and oxygen atoms in total. The minimum atomic E-state index is -3.17. The minimum Gasteiger partial charge on any atom is -0.370 e. The summed E-state index contributed by atoms with van der Waals surface area (Å²) in [7, 11) is -3.17. The van der Waals surface area contributed by atoms with Crippen molar-refractivity contribution < 1.29 is 8.42 Å². The Hall–Kier alpha value is -1.61. The van der Waals surface area contributed by atoms with Gasteiger partial charge in [-0.25, -0.2) is 13.4 Å². The standard InChI is InChI=1S/C17H21N3O2S.HI/c1-12-8-13(2)10-15(9-12)20-17(18)19-11-14-4-6-16(7-5-14)23(3,21)22;/h4-10H,11H2,1-3H3,(H3,18,19,20);1H. The van der Waals surface area contributed by atoms with Gasteiger partial charge in [-0.1, -0.05) is 18.2 Å². The van der Waals surface area contributed by atoms with Gasteiger partial charge >= 0.3 is 0 Å². The fourth-order valence-electron chi connectivity index (χ4n) is 2.25. The summed E-state index contributed by atoms with van der Waals surface area (Å²) in [4.78, 5) is 4.57. The predicted molar refractivity (Wildman–Crippen MR) is 110 cm³/mol. The number of nitrogens with one attached hydrogen (secondary N) is 1. The molecule has 7 heteroatoms. The number of anilines is 1. The molecule has 24 heavy (non-hydrogen) atoms. The van der Waals surface area contributed by atoms with Gasteiger partial charge in [0.05, 0.1) is 11.4 Å². The SMILES string of the molecule is Cc1cc(C)cc(NC(N)=NCc2ccc(S(C)(=O)=O)cc2)c1.I. The van der Waals surface area contributed by atoms with Gasteiger partial charge in [-0.2, -0.15) is 0 Å². The summed E-state index contributed by atoms with van der Waals surface area (Å²) in [5.41, 5.74) is 9.99. The van der Waals surface area contributed by atoms with Crippen molar-refractivity contribution in [2.75, 3.05) is 11.6 Å². The number of hydrogen-bond donors (Lipinski definition) is 2. The van der Waals surface area contributed by atoms with E-state index in [-0.39, 0.29) is 24.0 Å². The van der Waals surface area contributed by atoms with Crippen molar-refractivity contribution in [3.63, 3.8) is 0 Å². The number of aliphatic imine (C=N–C) groups is 1. The molecule has 0 aromatic heterocycles. The molecule has 3 N–H and O–H groups in total. The zero-order valence-corrected chi connectivity index (χ0v) is 17.1. The Balaban J connectivity index is 0.00000288. The lowest BCUT2D eigenvalue weighted by Crippen LogP contribution is -2.22. The smallest absolute Gasteiger partial charge is 0.193 e. The van der Waals surface area contributed by atoms with E-state index in [9.17, 15) is 8.42 Å². The molecule has 0 heterocycles. The Morgan fingerprint density at radius 1 is 1.08 bits per heavy atom. The molecule has 0 saturated carbocycles. The molecule has 0 aliphatic carbocycles. The van der Waals surface area contributed by atoms with E-state index in [1.54, 1.807) is 24.3 Å². The second-order valence-electron chi connectivity index (χ2n) is 5.62. The van der Waals surface area contributed by atoms with Crippen LogP contribution in [0.1, 0.15) is 16.7 Å². The Morgan fingerprint density at radius 3 is 2.12 bits per heavy atom. The van der Waals surface area contributed by atoms with E-state index in [4.69, 9.17) is 5.73 Å². The van der Waals surface area contributed by atoms with E-state index in [2.05, 4.69) is 16.4 Å². The van der Waals surface area contributed by atoms with Gasteiger partial charge in [0, 0.05) is 11.9 Å². The largest absolute Gasteiger partial charge is 0.370 e. The maximum Gasteiger partial charge on any atom is 0.193 e. The van der Waals surface area contributed by atoms with Crippen LogP contribution in [0.2, 0.25) is 0 Å². The van der Waals surface area contributed by atoms with Gasteiger partial charge in [-0.3, -0.25) is 0 Å². The fourth-order valence-corrected chi connectivity index (χ4v) is 2.88. The molecule has 2 aromatic carbocycles. The molecule has 0 bridgehead atoms. The molecule has 2 rings (SSSR count). The first-order chi connectivity index (χ1) is 10.7. The second kappa shape index (κ2) is 8.48. The van der Waals surface area contributed by atoms with E-state index in [1.807, 2.05) is 26.0 Å². The lowest BCUT2D eigenvalue weighted by Gasteiger charge is -2.08. The fraction of sp³-hybridized carbons (Fsp3) is 0.235. The van der Waals surface area contributed by atoms with Gasteiger partial charge in [0.25, 0.3) is 0 Å². The van der Waals surface area contributed by atoms with Crippen molar-refractivity contribution in [1.29, 1.82) is 0 Å². The van der Waals surface area contributed by atoms with Crippen molar-refractivity contribution in [3.05, 3.63) is 59.2 Å². The number of guanidine groups is 1. The number of benzene rings is 2. The van der Waals surface area contributed by atoms with Gasteiger partial charge in [-0.05, 0) is 54.8 Å². The number of rotatable bonds is 4. The number of aryl methyl sites for hydroxylation is 2. The zero-order chi connectivity index (χ0) is 17.0. The van der Waals surface area contributed by atoms with Crippen LogP contribution in [0.4, 0.5) is 5.69 Å². The molecule has 0 unspecified atom stereocenters. The molecule has 0 atom stereocenters. The number of hydrogen-bond acceptors (Lipinski definition) is 3. The van der Waals surface area contributed by atoms with Crippen LogP contribution in [0.25, 0.3) is 0 Å². The average Bonchev–Trinajstić information content (AvgIpc) is 2.43. The quantitative estimate of drug-likeness (QED) is 0.418. The first kappa shape index (κ1) is 20.4. The maximum absolute atomic E-state index is 11.4. The lowest BCUT2D eigenvalue weighted by atomic mass is 10.1. The molecular weight excluding hydrogens is 437 g/mol. The van der Waals surface area contributed by atoms with Gasteiger partial charge in [-0.15, -0.1) is 24.0 Å². The third-order valence-corrected chi connectivity index (χ3v) is 4.41. The van der Waals surface area contributed by atoms with Gasteiger partial charge in [0.15, 0.2) is 15.8 Å². The summed E-state index contributed by atoms with van der Waals surface area (Å²) in [6, 6.07) is 12.7. The summed E-state index contributed by atoms with van der Waals surface area (Å²) in [6.07, 6.45) is 1.19. The van der Waals surface area contributed by atoms with Gasteiger partial charge < -0.3 is 11.1 Å². The second-order valence-corrected chi connectivity index (χ2v) is 7.63. The number of sulfone groups is 1. The highest BCUT2D eigenvalue weighted by Gasteiger charge is 2.05. The normalized spacial score (nSPS) is 11.7. The predicted octanol–water partition coefficient (Wildman–Crippen LogP) is 3.25. The first-order valence-electron chi connectivity index (χ1n) is 7.18. The molecule has 0 aliphatic rings. The van der Waals surface area contributed by atoms with Gasteiger partial charge in [0.2, 0.25) is 0 Å². The molecule has 0 amide bonds. The third kappa shape index (κ3) is 6.12. The summed E-state index contributed by atoms with van der Waals surface area (Å²) in [5, 5.41) is 3.06. The zero-order valence-electron chi connectivity index (χ0n) is 13.9. The van der Waals surface area contributed by atoms with E-state index in [0.717, 1.165) is 22.4 Å². The molecular formula is C17H22IN3O2S. The molecule has 0 saturated heterocycles. The van der Waals surface area contributed by atoms with Crippen LogP contribution in [-0.4, -0.2) is 20.6 Å². The molecule has 130 valence electrons. The Bertz CT molecular complexity index is 811.